The van der Waals surface area contributed by atoms with Gasteiger partial charge in [-0.3, -0.25) is 19.6 Å². The summed E-state index contributed by atoms with van der Waals surface area (Å²) in [5.74, 6) is -0.842. The number of nitrogens with one attached hydrogen (secondary N) is 3. The molecule has 0 bridgehead atoms. The average Bonchev–Trinajstić information content (AvgIpc) is 2.86. The maximum Gasteiger partial charge on any atom is 0.337 e. The first-order chi connectivity index (χ1) is 17.7. The van der Waals surface area contributed by atoms with E-state index >= 15 is 0 Å². The molecule has 1 aromatic heterocycles. The number of aromatic nitrogens is 2. The largest absolute Gasteiger partial charge is 0.465 e. The Bertz CT molecular complexity index is 1400. The van der Waals surface area contributed by atoms with Crippen molar-refractivity contribution in [1.82, 2.24) is 14.9 Å². The second-order valence-electron chi connectivity index (χ2n) is 8.88. The molecule has 0 atom stereocenters. The fraction of sp³-hybridized carbons (Fsp3) is 0.269. The van der Waals surface area contributed by atoms with Crippen LogP contribution in [0.15, 0.2) is 53.5 Å². The van der Waals surface area contributed by atoms with E-state index in [0.29, 0.717) is 22.5 Å². The fourth-order valence-electron chi connectivity index (χ4n) is 3.96. The molecule has 0 unspecified atom stereocenters. The minimum absolute atomic E-state index is 0.0385. The molecule has 0 radical (unpaired) electrons. The lowest BCUT2D eigenvalue weighted by Crippen LogP contribution is -2.36. The molecular weight excluding hydrogens is 474 g/mol. The van der Waals surface area contributed by atoms with E-state index in [1.54, 1.807) is 36.4 Å². The van der Waals surface area contributed by atoms with Crippen LogP contribution in [0.1, 0.15) is 40.7 Å². The number of nitrogens with two attached hydrogens (primary N) is 2. The Morgan fingerprint density at radius 3 is 2.51 bits per heavy atom. The number of ether oxygens (including phenoxy) is 1. The fourth-order valence-corrected chi connectivity index (χ4v) is 3.96. The highest BCUT2D eigenvalue weighted by Gasteiger charge is 2.22. The lowest BCUT2D eigenvalue weighted by Gasteiger charge is -2.27. The predicted molar refractivity (Wildman–Crippen MR) is 140 cm³/mol. The Hall–Kier alpha value is -4.67. The Morgan fingerprint density at radius 2 is 1.89 bits per heavy atom. The van der Waals surface area contributed by atoms with Gasteiger partial charge in [-0.15, -0.1) is 0 Å². The number of benzene rings is 2. The zero-order chi connectivity index (χ0) is 26.5. The molecule has 192 valence electrons. The summed E-state index contributed by atoms with van der Waals surface area (Å²) >= 11 is 0. The van der Waals surface area contributed by atoms with Gasteiger partial charge < -0.3 is 26.8 Å². The van der Waals surface area contributed by atoms with Crippen LogP contribution in [0.2, 0.25) is 0 Å². The zero-order valence-electron chi connectivity index (χ0n) is 20.4. The lowest BCUT2D eigenvalue weighted by atomic mass is 9.93. The van der Waals surface area contributed by atoms with E-state index < -0.39 is 17.4 Å². The second kappa shape index (κ2) is 10.9. The van der Waals surface area contributed by atoms with E-state index in [1.807, 2.05) is 0 Å². The molecule has 3 aromatic rings. The van der Waals surface area contributed by atoms with Gasteiger partial charge in [-0.1, -0.05) is 24.3 Å². The molecular formula is C26H29N7O4. The van der Waals surface area contributed by atoms with Crippen molar-refractivity contribution in [2.45, 2.75) is 38.4 Å². The number of carbonyl (C=O) groups excluding carboxylic acids is 2. The zero-order valence-corrected chi connectivity index (χ0v) is 20.4. The molecule has 0 aliphatic heterocycles. The summed E-state index contributed by atoms with van der Waals surface area (Å²) in [5, 5.41) is 13.5. The molecule has 1 saturated carbocycles. The number of nitrogen functional groups attached to an aromatic ring is 2. The van der Waals surface area contributed by atoms with E-state index in [1.165, 1.54) is 23.9 Å². The number of carbonyl (C=O) groups is 2. The van der Waals surface area contributed by atoms with Gasteiger partial charge in [-0.2, -0.15) is 0 Å². The van der Waals surface area contributed by atoms with Gasteiger partial charge >= 0.3 is 5.97 Å². The topological polar surface area (TPSA) is 178 Å². The first-order valence-corrected chi connectivity index (χ1v) is 11.8. The third kappa shape index (κ3) is 5.95. The number of amides is 1. The standard InChI is InChI=1S/C26H29N7O4/c1-37-26(36)18-9-17(10-19(27)11-18)21-13-31-24(32-20-3-2-4-20)25(35)33(21)14-22(34)30-12-15-5-7-16(8-6-15)23(28)29/h5-11,13,20H,2-4,12,14,27H2,1H3,(H3,28,29)(H,30,34)(H,31,32). The molecule has 4 rings (SSSR count). The van der Waals surface area contributed by atoms with Gasteiger partial charge in [0.05, 0.1) is 24.6 Å². The van der Waals surface area contributed by atoms with Gasteiger partial charge in [0, 0.05) is 29.4 Å². The quantitative estimate of drug-likeness (QED) is 0.127. The molecule has 11 heteroatoms. The first kappa shape index (κ1) is 25.4. The maximum absolute atomic E-state index is 13.4. The van der Waals surface area contributed by atoms with E-state index in [9.17, 15) is 14.4 Å². The van der Waals surface area contributed by atoms with Crippen molar-refractivity contribution in [1.29, 1.82) is 5.41 Å². The van der Waals surface area contributed by atoms with Gasteiger partial charge in [0.2, 0.25) is 5.91 Å². The van der Waals surface area contributed by atoms with E-state index in [2.05, 4.69) is 15.6 Å². The van der Waals surface area contributed by atoms with Crippen LogP contribution in [0.4, 0.5) is 11.5 Å². The van der Waals surface area contributed by atoms with Crippen LogP contribution in [-0.2, 0) is 22.6 Å². The van der Waals surface area contributed by atoms with Crippen LogP contribution in [0.3, 0.4) is 0 Å². The number of rotatable bonds is 9. The summed E-state index contributed by atoms with van der Waals surface area (Å²) in [4.78, 5) is 42.8. The average molecular weight is 504 g/mol. The Balaban J connectivity index is 1.62. The van der Waals surface area contributed by atoms with Crippen LogP contribution >= 0.6 is 0 Å². The predicted octanol–water partition coefficient (Wildman–Crippen LogP) is 1.84. The summed E-state index contributed by atoms with van der Waals surface area (Å²) < 4.78 is 6.12. The number of esters is 1. The Morgan fingerprint density at radius 1 is 1.16 bits per heavy atom. The van der Waals surface area contributed by atoms with Crippen molar-refractivity contribution < 1.29 is 14.3 Å². The minimum Gasteiger partial charge on any atom is -0.465 e. The van der Waals surface area contributed by atoms with Crippen molar-refractivity contribution in [2.75, 3.05) is 18.2 Å². The van der Waals surface area contributed by atoms with Crippen LogP contribution in [0, 0.1) is 5.41 Å². The normalized spacial score (nSPS) is 12.9. The SMILES string of the molecule is COC(=O)c1cc(N)cc(-c2cnc(NC3CCC3)c(=O)n2CC(=O)NCc2ccc(C(=N)N)cc2)c1. The third-order valence-corrected chi connectivity index (χ3v) is 6.23. The third-order valence-electron chi connectivity index (χ3n) is 6.23. The Kier molecular flexibility index (Phi) is 7.52. The number of amidine groups is 1. The van der Waals surface area contributed by atoms with Gasteiger partial charge in [0.25, 0.3) is 5.56 Å². The number of anilines is 2. The van der Waals surface area contributed by atoms with Gasteiger partial charge in [-0.25, -0.2) is 9.78 Å². The summed E-state index contributed by atoms with van der Waals surface area (Å²) in [5.41, 5.74) is 13.7. The van der Waals surface area contributed by atoms with E-state index in [-0.39, 0.29) is 36.3 Å². The smallest absolute Gasteiger partial charge is 0.337 e. The van der Waals surface area contributed by atoms with Crippen LogP contribution in [-0.4, -0.2) is 40.4 Å². The summed E-state index contributed by atoms with van der Waals surface area (Å²) in [6.07, 6.45) is 4.47. The van der Waals surface area contributed by atoms with Gasteiger partial charge in [0.1, 0.15) is 12.4 Å². The number of methoxy groups -OCH3 is 1. The molecule has 2 aromatic carbocycles. The Labute approximate surface area is 213 Å². The van der Waals surface area contributed by atoms with Gasteiger partial charge in [-0.05, 0) is 43.0 Å². The molecule has 0 saturated heterocycles. The lowest BCUT2D eigenvalue weighted by molar-refractivity contribution is -0.121. The summed E-state index contributed by atoms with van der Waals surface area (Å²) in [7, 11) is 1.27. The molecule has 7 N–H and O–H groups in total. The molecule has 0 spiro atoms. The molecule has 37 heavy (non-hydrogen) atoms. The van der Waals surface area contributed by atoms with E-state index in [4.69, 9.17) is 21.6 Å². The number of hydrogen-bond donors (Lipinski definition) is 5. The van der Waals surface area contributed by atoms with Crippen LogP contribution in [0.5, 0.6) is 0 Å². The molecule has 1 heterocycles. The first-order valence-electron chi connectivity index (χ1n) is 11.8. The van der Waals surface area contributed by atoms with Crippen molar-refractivity contribution in [2.24, 2.45) is 5.73 Å². The van der Waals surface area contributed by atoms with Crippen molar-refractivity contribution in [3.63, 3.8) is 0 Å². The van der Waals surface area contributed by atoms with Crippen LogP contribution in [0.25, 0.3) is 11.3 Å². The monoisotopic (exact) mass is 503 g/mol. The molecule has 1 aliphatic rings. The molecule has 1 aliphatic carbocycles. The highest BCUT2D eigenvalue weighted by molar-refractivity contribution is 5.95. The molecule has 1 fully saturated rings. The van der Waals surface area contributed by atoms with Crippen molar-refractivity contribution in [3.8, 4) is 11.3 Å². The summed E-state index contributed by atoms with van der Waals surface area (Å²) in [6.45, 7) is -0.0476. The second-order valence-corrected chi connectivity index (χ2v) is 8.88. The van der Waals surface area contributed by atoms with Gasteiger partial charge in [0.15, 0.2) is 5.82 Å². The minimum atomic E-state index is -0.577. The van der Waals surface area contributed by atoms with Crippen molar-refractivity contribution in [3.05, 3.63) is 75.7 Å². The summed E-state index contributed by atoms with van der Waals surface area (Å²) in [6, 6.07) is 11.7. The van der Waals surface area contributed by atoms with E-state index in [0.717, 1.165) is 24.8 Å². The molecule has 11 nitrogen and oxygen atoms in total. The van der Waals surface area contributed by atoms with Crippen molar-refractivity contribution >= 4 is 29.2 Å². The number of nitrogens with zero attached hydrogens (tertiary/aromatic N) is 2. The van der Waals surface area contributed by atoms with Crippen LogP contribution < -0.4 is 27.7 Å². The molecule has 1 amide bonds. The highest BCUT2D eigenvalue weighted by Crippen LogP contribution is 2.25. The maximum atomic E-state index is 13.4. The number of hydrogen-bond acceptors (Lipinski definition) is 8. The highest BCUT2D eigenvalue weighted by atomic mass is 16.5.